The number of rotatable bonds is 4. The molecular weight excluding hydrogens is 220 g/mol. The standard InChI is InChI=1S/C12H16N2O3/c1-16-7-9(13)6-14-10-4-2-3-5-11(10)17-8-12(14)15/h2-5,9H,6-8,13H2,1H3. The monoisotopic (exact) mass is 236 g/mol. The molecule has 5 nitrogen and oxygen atoms in total. The quantitative estimate of drug-likeness (QED) is 0.821. The van der Waals surface area contributed by atoms with Crippen molar-refractivity contribution in [1.82, 2.24) is 0 Å². The van der Waals surface area contributed by atoms with E-state index in [0.29, 0.717) is 13.2 Å². The first-order valence-electron chi connectivity index (χ1n) is 5.49. The van der Waals surface area contributed by atoms with Crippen LogP contribution >= 0.6 is 0 Å². The van der Waals surface area contributed by atoms with Crippen LogP contribution in [0, 0.1) is 0 Å². The maximum Gasteiger partial charge on any atom is 0.265 e. The third-order valence-electron chi connectivity index (χ3n) is 2.61. The zero-order valence-electron chi connectivity index (χ0n) is 9.76. The second-order valence-electron chi connectivity index (χ2n) is 3.98. The molecule has 1 aromatic rings. The van der Waals surface area contributed by atoms with Gasteiger partial charge in [0.2, 0.25) is 0 Å². The predicted octanol–water partition coefficient (Wildman–Crippen LogP) is 0.386. The molecule has 1 aliphatic heterocycles. The van der Waals surface area contributed by atoms with Gasteiger partial charge in [-0.1, -0.05) is 12.1 Å². The molecule has 0 fully saturated rings. The van der Waals surface area contributed by atoms with Gasteiger partial charge in [-0.2, -0.15) is 0 Å². The van der Waals surface area contributed by atoms with Crippen molar-refractivity contribution >= 4 is 11.6 Å². The van der Waals surface area contributed by atoms with Crippen molar-refractivity contribution in [1.29, 1.82) is 0 Å². The summed E-state index contributed by atoms with van der Waals surface area (Å²) in [5.74, 6) is 0.645. The Hall–Kier alpha value is -1.59. The number of para-hydroxylation sites is 2. The molecule has 0 saturated carbocycles. The lowest BCUT2D eigenvalue weighted by Gasteiger charge is -2.31. The van der Waals surface area contributed by atoms with Crippen LogP contribution in [0.2, 0.25) is 0 Å². The largest absolute Gasteiger partial charge is 0.482 e. The number of amides is 1. The molecule has 2 rings (SSSR count). The zero-order chi connectivity index (χ0) is 12.3. The fraction of sp³-hybridized carbons (Fsp3) is 0.417. The van der Waals surface area contributed by atoms with Gasteiger partial charge in [-0.05, 0) is 12.1 Å². The molecule has 0 aromatic heterocycles. The van der Waals surface area contributed by atoms with Crippen molar-refractivity contribution in [3.05, 3.63) is 24.3 Å². The van der Waals surface area contributed by atoms with Gasteiger partial charge in [0.05, 0.1) is 12.3 Å². The number of anilines is 1. The molecule has 1 heterocycles. The van der Waals surface area contributed by atoms with Gasteiger partial charge in [0.1, 0.15) is 5.75 Å². The Morgan fingerprint density at radius 1 is 1.53 bits per heavy atom. The van der Waals surface area contributed by atoms with Gasteiger partial charge in [-0.15, -0.1) is 0 Å². The Labute approximate surface area is 100 Å². The molecule has 0 aliphatic carbocycles. The average Bonchev–Trinajstić information content (AvgIpc) is 2.33. The van der Waals surface area contributed by atoms with E-state index >= 15 is 0 Å². The van der Waals surface area contributed by atoms with Gasteiger partial charge in [0, 0.05) is 19.7 Å². The van der Waals surface area contributed by atoms with Crippen molar-refractivity contribution in [2.75, 3.05) is 31.8 Å². The minimum absolute atomic E-state index is 0.0662. The first kappa shape index (κ1) is 11.9. The van der Waals surface area contributed by atoms with Gasteiger partial charge in [-0.3, -0.25) is 4.79 Å². The van der Waals surface area contributed by atoms with Gasteiger partial charge in [-0.25, -0.2) is 0 Å². The lowest BCUT2D eigenvalue weighted by molar-refractivity contribution is -0.121. The van der Waals surface area contributed by atoms with Crippen molar-refractivity contribution < 1.29 is 14.3 Å². The highest BCUT2D eigenvalue weighted by molar-refractivity contribution is 5.97. The normalized spacial score (nSPS) is 16.4. The molecule has 17 heavy (non-hydrogen) atoms. The summed E-state index contributed by atoms with van der Waals surface area (Å²) in [5, 5.41) is 0. The first-order chi connectivity index (χ1) is 8.22. The van der Waals surface area contributed by atoms with E-state index in [9.17, 15) is 4.79 Å². The summed E-state index contributed by atoms with van der Waals surface area (Å²) in [6.07, 6.45) is 0. The summed E-state index contributed by atoms with van der Waals surface area (Å²) in [4.78, 5) is 13.5. The Morgan fingerprint density at radius 2 is 2.29 bits per heavy atom. The number of carbonyl (C=O) groups is 1. The maximum absolute atomic E-state index is 11.8. The number of benzene rings is 1. The highest BCUT2D eigenvalue weighted by atomic mass is 16.5. The van der Waals surface area contributed by atoms with Crippen molar-refractivity contribution in [3.63, 3.8) is 0 Å². The van der Waals surface area contributed by atoms with Crippen molar-refractivity contribution in [2.24, 2.45) is 5.73 Å². The third kappa shape index (κ3) is 2.57. The number of ether oxygens (including phenoxy) is 2. The molecule has 1 unspecified atom stereocenters. The summed E-state index contributed by atoms with van der Waals surface area (Å²) in [6, 6.07) is 7.25. The van der Waals surface area contributed by atoms with Gasteiger partial charge in [0.25, 0.3) is 5.91 Å². The summed E-state index contributed by atoms with van der Waals surface area (Å²) in [5.41, 5.74) is 6.65. The molecule has 1 aromatic carbocycles. The lowest BCUT2D eigenvalue weighted by atomic mass is 10.2. The molecule has 1 aliphatic rings. The molecule has 0 spiro atoms. The minimum atomic E-state index is -0.199. The molecule has 2 N–H and O–H groups in total. The van der Waals surface area contributed by atoms with E-state index in [1.54, 1.807) is 12.0 Å². The number of carbonyl (C=O) groups excluding carboxylic acids is 1. The second kappa shape index (κ2) is 5.16. The third-order valence-corrected chi connectivity index (χ3v) is 2.61. The number of hydrogen-bond acceptors (Lipinski definition) is 4. The van der Waals surface area contributed by atoms with Gasteiger partial charge in [0.15, 0.2) is 6.61 Å². The SMILES string of the molecule is COCC(N)CN1C(=O)COc2ccccc21. The van der Waals surface area contributed by atoms with E-state index < -0.39 is 0 Å². The molecule has 92 valence electrons. The Morgan fingerprint density at radius 3 is 3.06 bits per heavy atom. The minimum Gasteiger partial charge on any atom is -0.482 e. The van der Waals surface area contributed by atoms with Crippen LogP contribution in [0.1, 0.15) is 0 Å². The molecular formula is C12H16N2O3. The number of methoxy groups -OCH3 is 1. The van der Waals surface area contributed by atoms with E-state index in [1.165, 1.54) is 0 Å². The molecule has 0 radical (unpaired) electrons. The van der Waals surface area contributed by atoms with Crippen LogP contribution in [0.4, 0.5) is 5.69 Å². The topological polar surface area (TPSA) is 64.8 Å². The van der Waals surface area contributed by atoms with E-state index in [4.69, 9.17) is 15.2 Å². The van der Waals surface area contributed by atoms with E-state index in [-0.39, 0.29) is 18.6 Å². The highest BCUT2D eigenvalue weighted by Crippen LogP contribution is 2.31. The molecule has 5 heteroatoms. The molecule has 0 saturated heterocycles. The van der Waals surface area contributed by atoms with Crippen LogP contribution in [0.3, 0.4) is 0 Å². The van der Waals surface area contributed by atoms with E-state index in [2.05, 4.69) is 0 Å². The maximum atomic E-state index is 11.8. The molecule has 0 bridgehead atoms. The smallest absolute Gasteiger partial charge is 0.265 e. The summed E-state index contributed by atoms with van der Waals surface area (Å²) in [6.45, 7) is 0.927. The highest BCUT2D eigenvalue weighted by Gasteiger charge is 2.26. The second-order valence-corrected chi connectivity index (χ2v) is 3.98. The van der Waals surface area contributed by atoms with Crippen LogP contribution in [0.5, 0.6) is 5.75 Å². The molecule has 1 atom stereocenters. The van der Waals surface area contributed by atoms with Gasteiger partial charge >= 0.3 is 0 Å². The van der Waals surface area contributed by atoms with Crippen LogP contribution < -0.4 is 15.4 Å². The average molecular weight is 236 g/mol. The Bertz CT molecular complexity index is 408. The number of nitrogens with two attached hydrogens (primary N) is 1. The van der Waals surface area contributed by atoms with Crippen LogP contribution in [-0.4, -0.2) is 38.8 Å². The lowest BCUT2D eigenvalue weighted by Crippen LogP contribution is -2.47. The van der Waals surface area contributed by atoms with Crippen LogP contribution in [-0.2, 0) is 9.53 Å². The summed E-state index contributed by atoms with van der Waals surface area (Å²) in [7, 11) is 1.59. The molecule has 1 amide bonds. The van der Waals surface area contributed by atoms with Crippen molar-refractivity contribution in [2.45, 2.75) is 6.04 Å². The first-order valence-corrected chi connectivity index (χ1v) is 5.49. The number of fused-ring (bicyclic) bond motifs is 1. The van der Waals surface area contributed by atoms with E-state index in [1.807, 2.05) is 24.3 Å². The van der Waals surface area contributed by atoms with Crippen LogP contribution in [0.15, 0.2) is 24.3 Å². The fourth-order valence-electron chi connectivity index (χ4n) is 1.86. The fourth-order valence-corrected chi connectivity index (χ4v) is 1.86. The summed E-state index contributed by atoms with van der Waals surface area (Å²) >= 11 is 0. The summed E-state index contributed by atoms with van der Waals surface area (Å²) < 4.78 is 10.3. The number of nitrogens with zero attached hydrogens (tertiary/aromatic N) is 1. The number of hydrogen-bond donors (Lipinski definition) is 1. The Kier molecular flexibility index (Phi) is 3.61. The van der Waals surface area contributed by atoms with Crippen LogP contribution in [0.25, 0.3) is 0 Å². The van der Waals surface area contributed by atoms with Gasteiger partial charge < -0.3 is 20.1 Å². The Balaban J connectivity index is 2.18. The van der Waals surface area contributed by atoms with E-state index in [0.717, 1.165) is 11.4 Å². The zero-order valence-corrected chi connectivity index (χ0v) is 9.76. The van der Waals surface area contributed by atoms with Crippen molar-refractivity contribution in [3.8, 4) is 5.75 Å². The predicted molar refractivity (Wildman–Crippen MR) is 64.1 cm³/mol.